The SMILES string of the molecule is O=c1[nH]c2ccccc2n1C1=CCN(CCCC(O)c2ccc(F)cc2)CC1. The predicted octanol–water partition coefficient (Wildman–Crippen LogP) is 3.53. The van der Waals surface area contributed by atoms with Crippen molar-refractivity contribution in [1.29, 1.82) is 0 Å². The number of halogens is 1. The van der Waals surface area contributed by atoms with Crippen LogP contribution in [0.1, 0.15) is 30.9 Å². The second-order valence-electron chi connectivity index (χ2n) is 7.24. The number of rotatable bonds is 6. The van der Waals surface area contributed by atoms with Crippen molar-refractivity contribution >= 4 is 16.7 Å². The van der Waals surface area contributed by atoms with Gasteiger partial charge in [0.1, 0.15) is 5.82 Å². The molecule has 2 heterocycles. The van der Waals surface area contributed by atoms with Gasteiger partial charge in [0.2, 0.25) is 0 Å². The van der Waals surface area contributed by atoms with Gasteiger partial charge in [0, 0.05) is 25.2 Å². The van der Waals surface area contributed by atoms with Crippen LogP contribution < -0.4 is 5.69 Å². The largest absolute Gasteiger partial charge is 0.388 e. The van der Waals surface area contributed by atoms with Crippen LogP contribution in [0.2, 0.25) is 0 Å². The van der Waals surface area contributed by atoms with Crippen molar-refractivity contribution in [3.63, 3.8) is 0 Å². The zero-order valence-corrected chi connectivity index (χ0v) is 15.6. The summed E-state index contributed by atoms with van der Waals surface area (Å²) in [7, 11) is 0. The minimum atomic E-state index is -0.568. The third-order valence-electron chi connectivity index (χ3n) is 5.35. The number of fused-ring (bicyclic) bond motifs is 1. The summed E-state index contributed by atoms with van der Waals surface area (Å²) in [6.07, 6.45) is 3.85. The first-order chi connectivity index (χ1) is 13.6. The lowest BCUT2D eigenvalue weighted by Crippen LogP contribution is -2.32. The molecule has 146 valence electrons. The van der Waals surface area contributed by atoms with Gasteiger partial charge in [0.05, 0.1) is 17.1 Å². The molecule has 2 N–H and O–H groups in total. The van der Waals surface area contributed by atoms with Crippen molar-refractivity contribution in [2.75, 3.05) is 19.6 Å². The molecule has 0 aliphatic carbocycles. The molecule has 5 nitrogen and oxygen atoms in total. The first-order valence-corrected chi connectivity index (χ1v) is 9.67. The Balaban J connectivity index is 1.33. The van der Waals surface area contributed by atoms with Crippen molar-refractivity contribution in [3.05, 3.63) is 76.5 Å². The number of aromatic nitrogens is 2. The number of H-pyrrole nitrogens is 1. The summed E-state index contributed by atoms with van der Waals surface area (Å²) in [6, 6.07) is 13.7. The molecule has 3 aromatic rings. The highest BCUT2D eigenvalue weighted by atomic mass is 19.1. The molecule has 1 atom stereocenters. The number of nitrogens with one attached hydrogen (secondary N) is 1. The zero-order chi connectivity index (χ0) is 19.5. The van der Waals surface area contributed by atoms with Crippen LogP contribution in [0.25, 0.3) is 16.7 Å². The summed E-state index contributed by atoms with van der Waals surface area (Å²) in [5.41, 5.74) is 3.45. The molecule has 28 heavy (non-hydrogen) atoms. The Kier molecular flexibility index (Phi) is 5.41. The van der Waals surface area contributed by atoms with Crippen LogP contribution >= 0.6 is 0 Å². The summed E-state index contributed by atoms with van der Waals surface area (Å²) in [6.45, 7) is 2.54. The van der Waals surface area contributed by atoms with E-state index in [0.717, 1.165) is 54.8 Å². The van der Waals surface area contributed by atoms with Crippen LogP contribution in [-0.4, -0.2) is 39.2 Å². The maximum atomic E-state index is 13.0. The number of imidazole rings is 1. The van der Waals surface area contributed by atoms with Gasteiger partial charge in [-0.2, -0.15) is 0 Å². The number of hydrogen-bond acceptors (Lipinski definition) is 3. The van der Waals surface area contributed by atoms with Crippen LogP contribution in [0.4, 0.5) is 4.39 Å². The first-order valence-electron chi connectivity index (χ1n) is 9.67. The van der Waals surface area contributed by atoms with E-state index in [4.69, 9.17) is 0 Å². The number of aliphatic hydroxyl groups excluding tert-OH is 1. The maximum Gasteiger partial charge on any atom is 0.330 e. The van der Waals surface area contributed by atoms with E-state index in [1.54, 1.807) is 16.7 Å². The fourth-order valence-electron chi connectivity index (χ4n) is 3.81. The third-order valence-corrected chi connectivity index (χ3v) is 5.35. The molecule has 0 fully saturated rings. The molecule has 0 spiro atoms. The average molecular weight is 381 g/mol. The van der Waals surface area contributed by atoms with E-state index < -0.39 is 6.10 Å². The molecule has 0 saturated heterocycles. The van der Waals surface area contributed by atoms with Gasteiger partial charge >= 0.3 is 5.69 Å². The van der Waals surface area contributed by atoms with Crippen molar-refractivity contribution in [1.82, 2.24) is 14.5 Å². The van der Waals surface area contributed by atoms with E-state index in [1.807, 2.05) is 24.3 Å². The third kappa shape index (κ3) is 3.93. The maximum absolute atomic E-state index is 13.0. The normalized spacial score (nSPS) is 16.3. The van der Waals surface area contributed by atoms with E-state index in [-0.39, 0.29) is 11.5 Å². The molecule has 0 bridgehead atoms. The molecule has 0 saturated carbocycles. The van der Waals surface area contributed by atoms with Gasteiger partial charge in [-0.15, -0.1) is 0 Å². The fourth-order valence-corrected chi connectivity index (χ4v) is 3.81. The minimum Gasteiger partial charge on any atom is -0.388 e. The number of aromatic amines is 1. The van der Waals surface area contributed by atoms with E-state index in [2.05, 4.69) is 16.0 Å². The van der Waals surface area contributed by atoms with E-state index >= 15 is 0 Å². The Morgan fingerprint density at radius 3 is 2.68 bits per heavy atom. The number of para-hydroxylation sites is 2. The average Bonchev–Trinajstić information content (AvgIpc) is 3.05. The second-order valence-corrected chi connectivity index (χ2v) is 7.24. The highest BCUT2D eigenvalue weighted by Crippen LogP contribution is 2.22. The Morgan fingerprint density at radius 1 is 1.14 bits per heavy atom. The summed E-state index contributed by atoms with van der Waals surface area (Å²) in [5.74, 6) is -0.291. The van der Waals surface area contributed by atoms with Crippen molar-refractivity contribution in [2.24, 2.45) is 0 Å². The quantitative estimate of drug-likeness (QED) is 0.687. The van der Waals surface area contributed by atoms with Crippen LogP contribution in [0.15, 0.2) is 59.4 Å². The lowest BCUT2D eigenvalue weighted by molar-refractivity contribution is 0.156. The topological polar surface area (TPSA) is 61.3 Å². The van der Waals surface area contributed by atoms with Crippen molar-refractivity contribution < 1.29 is 9.50 Å². The smallest absolute Gasteiger partial charge is 0.330 e. The Hall–Kier alpha value is -2.70. The van der Waals surface area contributed by atoms with Gasteiger partial charge in [-0.1, -0.05) is 30.3 Å². The fraction of sp³-hybridized carbons (Fsp3) is 0.318. The summed E-state index contributed by atoms with van der Waals surface area (Å²) in [4.78, 5) is 17.5. The summed E-state index contributed by atoms with van der Waals surface area (Å²) < 4.78 is 14.7. The molecule has 4 rings (SSSR count). The molecule has 1 unspecified atom stereocenters. The molecule has 1 aromatic heterocycles. The zero-order valence-electron chi connectivity index (χ0n) is 15.6. The molecule has 6 heteroatoms. The van der Waals surface area contributed by atoms with Crippen molar-refractivity contribution in [3.8, 4) is 0 Å². The number of benzene rings is 2. The highest BCUT2D eigenvalue weighted by Gasteiger charge is 2.17. The molecular formula is C22H24FN3O2. The number of aliphatic hydroxyl groups is 1. The Bertz CT molecular complexity index is 1040. The monoisotopic (exact) mass is 381 g/mol. The van der Waals surface area contributed by atoms with Gasteiger partial charge in [0.25, 0.3) is 0 Å². The van der Waals surface area contributed by atoms with Crippen LogP contribution in [0.3, 0.4) is 0 Å². The van der Waals surface area contributed by atoms with Crippen LogP contribution in [-0.2, 0) is 0 Å². The molecule has 2 aromatic carbocycles. The van der Waals surface area contributed by atoms with Crippen LogP contribution in [0, 0.1) is 5.82 Å². The molecule has 0 amide bonds. The predicted molar refractivity (Wildman–Crippen MR) is 108 cm³/mol. The highest BCUT2D eigenvalue weighted by molar-refractivity contribution is 5.79. The first kappa shape index (κ1) is 18.7. The van der Waals surface area contributed by atoms with Crippen molar-refractivity contribution in [2.45, 2.75) is 25.4 Å². The van der Waals surface area contributed by atoms with Gasteiger partial charge in [-0.3, -0.25) is 9.47 Å². The lowest BCUT2D eigenvalue weighted by atomic mass is 10.0. The van der Waals surface area contributed by atoms with E-state index in [9.17, 15) is 14.3 Å². The second kappa shape index (κ2) is 8.12. The van der Waals surface area contributed by atoms with Crippen LogP contribution in [0.5, 0.6) is 0 Å². The minimum absolute atomic E-state index is 0.0941. The van der Waals surface area contributed by atoms with Gasteiger partial charge < -0.3 is 10.1 Å². The molecule has 0 radical (unpaired) electrons. The molecular weight excluding hydrogens is 357 g/mol. The van der Waals surface area contributed by atoms with E-state index in [0.29, 0.717) is 6.42 Å². The Morgan fingerprint density at radius 2 is 1.93 bits per heavy atom. The summed E-state index contributed by atoms with van der Waals surface area (Å²) >= 11 is 0. The number of nitrogens with zero attached hydrogens (tertiary/aromatic N) is 2. The van der Waals surface area contributed by atoms with E-state index in [1.165, 1.54) is 12.1 Å². The summed E-state index contributed by atoms with van der Waals surface area (Å²) in [5, 5.41) is 10.2. The standard InChI is InChI=1S/C22H24FN3O2/c23-17-9-7-16(8-10-17)21(27)6-3-13-25-14-11-18(12-15-25)26-20-5-2-1-4-19(20)24-22(26)28/h1-2,4-5,7-11,21,27H,3,6,12-15H2,(H,24,28). The number of hydrogen-bond donors (Lipinski definition) is 2. The van der Waals surface area contributed by atoms with Gasteiger partial charge in [-0.25, -0.2) is 9.18 Å². The molecule has 1 aliphatic heterocycles. The van der Waals surface area contributed by atoms with Gasteiger partial charge in [0.15, 0.2) is 0 Å². The molecule has 1 aliphatic rings. The van der Waals surface area contributed by atoms with Gasteiger partial charge in [-0.05, 0) is 49.2 Å². The Labute approximate surface area is 162 Å². The lowest BCUT2D eigenvalue weighted by Gasteiger charge is -2.26.